The van der Waals surface area contributed by atoms with Crippen LogP contribution in [0, 0.1) is 0 Å². The van der Waals surface area contributed by atoms with Crippen LogP contribution >= 0.6 is 11.6 Å². The number of halogens is 1. The average molecular weight is 285 g/mol. The minimum Gasteiger partial charge on any atom is -0.488 e. The Bertz CT molecular complexity index is 731. The van der Waals surface area contributed by atoms with E-state index in [2.05, 4.69) is 16.5 Å². The van der Waals surface area contributed by atoms with Crippen molar-refractivity contribution < 1.29 is 4.74 Å². The van der Waals surface area contributed by atoms with Crippen molar-refractivity contribution in [3.8, 4) is 17.1 Å². The van der Waals surface area contributed by atoms with Crippen molar-refractivity contribution in [3.05, 3.63) is 60.1 Å². The first-order chi connectivity index (χ1) is 9.78. The second kappa shape index (κ2) is 5.39. The molecular formula is C16H13ClN2O. The number of nitrogens with zero attached hydrogens (tertiary/aromatic N) is 1. The molecule has 1 aromatic heterocycles. The van der Waals surface area contributed by atoms with E-state index in [1.54, 1.807) is 6.08 Å². The normalized spacial score (nSPS) is 10.7. The minimum atomic E-state index is 0.434. The highest BCUT2D eigenvalue weighted by Gasteiger charge is 2.08. The van der Waals surface area contributed by atoms with Crippen LogP contribution in [0.4, 0.5) is 0 Å². The van der Waals surface area contributed by atoms with Gasteiger partial charge in [-0.1, -0.05) is 36.4 Å². The van der Waals surface area contributed by atoms with E-state index < -0.39 is 0 Å². The quantitative estimate of drug-likeness (QED) is 0.719. The molecule has 0 fully saturated rings. The average Bonchev–Trinajstić information content (AvgIpc) is 2.90. The first kappa shape index (κ1) is 12.8. The SMILES string of the molecule is C=CCOc1ccc(-c2nc3ccccc3[nH]2)cc1Cl. The molecule has 0 unspecified atom stereocenters. The Morgan fingerprint density at radius 1 is 1.25 bits per heavy atom. The van der Waals surface area contributed by atoms with Gasteiger partial charge in [0.2, 0.25) is 0 Å². The summed E-state index contributed by atoms with van der Waals surface area (Å²) in [6.07, 6.45) is 1.68. The first-order valence-corrected chi connectivity index (χ1v) is 6.64. The van der Waals surface area contributed by atoms with Gasteiger partial charge in [-0.3, -0.25) is 0 Å². The lowest BCUT2D eigenvalue weighted by molar-refractivity contribution is 0.363. The fraction of sp³-hybridized carbons (Fsp3) is 0.0625. The summed E-state index contributed by atoms with van der Waals surface area (Å²) in [6.45, 7) is 4.05. The van der Waals surface area contributed by atoms with E-state index in [-0.39, 0.29) is 0 Å². The second-order valence-electron chi connectivity index (χ2n) is 4.35. The van der Waals surface area contributed by atoms with E-state index in [1.807, 2.05) is 42.5 Å². The second-order valence-corrected chi connectivity index (χ2v) is 4.75. The Labute approximate surface area is 121 Å². The van der Waals surface area contributed by atoms with Crippen LogP contribution in [0.3, 0.4) is 0 Å². The van der Waals surface area contributed by atoms with Crippen LogP contribution in [0.5, 0.6) is 5.75 Å². The van der Waals surface area contributed by atoms with E-state index in [0.717, 1.165) is 22.4 Å². The smallest absolute Gasteiger partial charge is 0.138 e. The van der Waals surface area contributed by atoms with Gasteiger partial charge in [-0.25, -0.2) is 4.98 Å². The third kappa shape index (κ3) is 2.40. The number of aromatic nitrogens is 2. The maximum atomic E-state index is 6.21. The third-order valence-corrected chi connectivity index (χ3v) is 3.25. The summed E-state index contributed by atoms with van der Waals surface area (Å²) in [6, 6.07) is 13.5. The Morgan fingerprint density at radius 2 is 2.10 bits per heavy atom. The van der Waals surface area contributed by atoms with Crippen LogP contribution in [-0.4, -0.2) is 16.6 Å². The highest BCUT2D eigenvalue weighted by molar-refractivity contribution is 6.32. The molecule has 0 radical (unpaired) electrons. The highest BCUT2D eigenvalue weighted by atomic mass is 35.5. The molecule has 20 heavy (non-hydrogen) atoms. The fourth-order valence-corrected chi connectivity index (χ4v) is 2.24. The van der Waals surface area contributed by atoms with Gasteiger partial charge in [0, 0.05) is 5.56 Å². The Balaban J connectivity index is 1.97. The van der Waals surface area contributed by atoms with Gasteiger partial charge >= 0.3 is 0 Å². The predicted molar refractivity (Wildman–Crippen MR) is 82.2 cm³/mol. The molecule has 0 bridgehead atoms. The lowest BCUT2D eigenvalue weighted by Gasteiger charge is -2.06. The number of fused-ring (bicyclic) bond motifs is 1. The van der Waals surface area contributed by atoms with Crippen LogP contribution in [0.2, 0.25) is 5.02 Å². The molecule has 0 amide bonds. The van der Waals surface area contributed by atoms with E-state index in [4.69, 9.17) is 16.3 Å². The van der Waals surface area contributed by atoms with Crippen molar-refractivity contribution in [2.24, 2.45) is 0 Å². The molecule has 3 rings (SSSR count). The van der Waals surface area contributed by atoms with Gasteiger partial charge in [0.15, 0.2) is 0 Å². The van der Waals surface area contributed by atoms with Gasteiger partial charge in [-0.15, -0.1) is 0 Å². The van der Waals surface area contributed by atoms with Crippen molar-refractivity contribution in [2.75, 3.05) is 6.61 Å². The van der Waals surface area contributed by atoms with Crippen LogP contribution in [0.25, 0.3) is 22.4 Å². The molecule has 1 heterocycles. The van der Waals surface area contributed by atoms with Crippen LogP contribution in [0.15, 0.2) is 55.1 Å². The van der Waals surface area contributed by atoms with Gasteiger partial charge in [0.25, 0.3) is 0 Å². The van der Waals surface area contributed by atoms with Crippen LogP contribution in [-0.2, 0) is 0 Å². The molecular weight excluding hydrogens is 272 g/mol. The van der Waals surface area contributed by atoms with Crippen LogP contribution in [0.1, 0.15) is 0 Å². The first-order valence-electron chi connectivity index (χ1n) is 6.26. The lowest BCUT2D eigenvalue weighted by Crippen LogP contribution is -1.93. The Hall–Kier alpha value is -2.26. The largest absolute Gasteiger partial charge is 0.488 e. The summed E-state index contributed by atoms with van der Waals surface area (Å²) in [5.74, 6) is 1.44. The Kier molecular flexibility index (Phi) is 3.44. The minimum absolute atomic E-state index is 0.434. The standard InChI is InChI=1S/C16H13ClN2O/c1-2-9-20-15-8-7-11(10-12(15)17)16-18-13-5-3-4-6-14(13)19-16/h2-8,10H,1,9H2,(H,18,19). The summed E-state index contributed by atoms with van der Waals surface area (Å²) >= 11 is 6.21. The van der Waals surface area contributed by atoms with Gasteiger partial charge in [0.1, 0.15) is 18.2 Å². The predicted octanol–water partition coefficient (Wildman–Crippen LogP) is 4.45. The molecule has 3 aromatic rings. The fourth-order valence-electron chi connectivity index (χ4n) is 2.00. The van der Waals surface area contributed by atoms with Crippen molar-refractivity contribution in [2.45, 2.75) is 0 Å². The topological polar surface area (TPSA) is 37.9 Å². The summed E-state index contributed by atoms with van der Waals surface area (Å²) < 4.78 is 5.46. The number of aromatic amines is 1. The molecule has 1 N–H and O–H groups in total. The summed E-state index contributed by atoms with van der Waals surface area (Å²) in [5, 5.41) is 0.560. The molecule has 0 aliphatic heterocycles. The lowest BCUT2D eigenvalue weighted by atomic mass is 10.2. The molecule has 0 aliphatic rings. The molecule has 0 aliphatic carbocycles. The number of imidazole rings is 1. The van der Waals surface area contributed by atoms with E-state index >= 15 is 0 Å². The van der Waals surface area contributed by atoms with Crippen molar-refractivity contribution in [3.63, 3.8) is 0 Å². The van der Waals surface area contributed by atoms with Crippen molar-refractivity contribution in [1.82, 2.24) is 9.97 Å². The van der Waals surface area contributed by atoms with Crippen LogP contribution < -0.4 is 4.74 Å². The molecule has 0 spiro atoms. The monoisotopic (exact) mass is 284 g/mol. The zero-order chi connectivity index (χ0) is 13.9. The maximum absolute atomic E-state index is 6.21. The Morgan fingerprint density at radius 3 is 2.85 bits per heavy atom. The zero-order valence-electron chi connectivity index (χ0n) is 10.8. The molecule has 100 valence electrons. The number of benzene rings is 2. The molecule has 0 saturated carbocycles. The maximum Gasteiger partial charge on any atom is 0.138 e. The number of nitrogens with one attached hydrogen (secondary N) is 1. The third-order valence-electron chi connectivity index (χ3n) is 2.95. The van der Waals surface area contributed by atoms with Crippen molar-refractivity contribution >= 4 is 22.6 Å². The number of hydrogen-bond acceptors (Lipinski definition) is 2. The van der Waals surface area contributed by atoms with Gasteiger partial charge in [-0.2, -0.15) is 0 Å². The highest BCUT2D eigenvalue weighted by Crippen LogP contribution is 2.30. The number of H-pyrrole nitrogens is 1. The molecule has 0 saturated heterocycles. The number of ether oxygens (including phenoxy) is 1. The summed E-state index contributed by atoms with van der Waals surface area (Å²) in [7, 11) is 0. The summed E-state index contributed by atoms with van der Waals surface area (Å²) in [5.41, 5.74) is 2.87. The van der Waals surface area contributed by atoms with E-state index in [0.29, 0.717) is 17.4 Å². The van der Waals surface area contributed by atoms with E-state index in [9.17, 15) is 0 Å². The van der Waals surface area contributed by atoms with Gasteiger partial charge in [0.05, 0.1) is 16.1 Å². The molecule has 0 atom stereocenters. The molecule has 3 nitrogen and oxygen atoms in total. The molecule has 4 heteroatoms. The zero-order valence-corrected chi connectivity index (χ0v) is 11.5. The number of hydrogen-bond donors (Lipinski definition) is 1. The van der Waals surface area contributed by atoms with Gasteiger partial charge < -0.3 is 9.72 Å². The molecule has 2 aromatic carbocycles. The van der Waals surface area contributed by atoms with Crippen molar-refractivity contribution in [1.29, 1.82) is 0 Å². The van der Waals surface area contributed by atoms with Gasteiger partial charge in [-0.05, 0) is 30.3 Å². The number of para-hydroxylation sites is 2. The summed E-state index contributed by atoms with van der Waals surface area (Å²) in [4.78, 5) is 7.82. The van der Waals surface area contributed by atoms with E-state index in [1.165, 1.54) is 0 Å². The number of rotatable bonds is 4.